The first-order valence-electron chi connectivity index (χ1n) is 5.68. The molecule has 2 atom stereocenters. The van der Waals surface area contributed by atoms with Crippen LogP contribution in [0.25, 0.3) is 0 Å². The van der Waals surface area contributed by atoms with E-state index in [1.54, 1.807) is 0 Å². The van der Waals surface area contributed by atoms with Gasteiger partial charge in [-0.1, -0.05) is 24.3 Å². The molecule has 1 fully saturated rings. The number of likely N-dealkylation sites (tertiary alicyclic amines) is 1. The first-order chi connectivity index (χ1) is 7.18. The van der Waals surface area contributed by atoms with Crippen molar-refractivity contribution in [3.05, 3.63) is 35.4 Å². The second kappa shape index (κ2) is 4.33. The number of hydrogen-bond donors (Lipinski definition) is 1. The Hall–Kier alpha value is -0.860. The summed E-state index contributed by atoms with van der Waals surface area (Å²) < 4.78 is 0. The maximum atomic E-state index is 6.34. The highest BCUT2D eigenvalue weighted by molar-refractivity contribution is 5.29. The molecule has 1 aromatic carbocycles. The van der Waals surface area contributed by atoms with Crippen LogP contribution < -0.4 is 5.73 Å². The van der Waals surface area contributed by atoms with Crippen LogP contribution in [-0.4, -0.2) is 25.0 Å². The smallest absolute Gasteiger partial charge is 0.0338 e. The molecule has 0 radical (unpaired) electrons. The summed E-state index contributed by atoms with van der Waals surface area (Å²) in [6.07, 6.45) is 1.23. The van der Waals surface area contributed by atoms with E-state index in [0.717, 1.165) is 6.54 Å². The van der Waals surface area contributed by atoms with Gasteiger partial charge < -0.3 is 10.6 Å². The topological polar surface area (TPSA) is 29.3 Å². The van der Waals surface area contributed by atoms with E-state index in [-0.39, 0.29) is 6.04 Å². The van der Waals surface area contributed by atoms with Gasteiger partial charge in [-0.15, -0.1) is 0 Å². The fourth-order valence-electron chi connectivity index (χ4n) is 2.48. The van der Waals surface area contributed by atoms with E-state index in [1.165, 1.54) is 24.1 Å². The molecular weight excluding hydrogens is 184 g/mol. The quantitative estimate of drug-likeness (QED) is 0.797. The predicted octanol–water partition coefficient (Wildman–Crippen LogP) is 1.95. The third-order valence-corrected chi connectivity index (χ3v) is 3.48. The highest BCUT2D eigenvalue weighted by Crippen LogP contribution is 2.28. The molecule has 0 spiro atoms. The normalized spacial score (nSPS) is 24.3. The van der Waals surface area contributed by atoms with Gasteiger partial charge in [0.25, 0.3) is 0 Å². The Labute approximate surface area is 92.1 Å². The number of hydrogen-bond acceptors (Lipinski definition) is 2. The zero-order chi connectivity index (χ0) is 10.8. The van der Waals surface area contributed by atoms with Gasteiger partial charge in [0.15, 0.2) is 0 Å². The van der Waals surface area contributed by atoms with E-state index in [1.807, 2.05) is 0 Å². The van der Waals surface area contributed by atoms with E-state index in [2.05, 4.69) is 43.1 Å². The molecule has 15 heavy (non-hydrogen) atoms. The van der Waals surface area contributed by atoms with Crippen LogP contribution in [0.1, 0.15) is 23.6 Å². The van der Waals surface area contributed by atoms with Crippen molar-refractivity contribution < 1.29 is 0 Å². The van der Waals surface area contributed by atoms with Gasteiger partial charge in [-0.3, -0.25) is 0 Å². The molecule has 1 saturated heterocycles. The molecule has 0 aromatic heterocycles. The van der Waals surface area contributed by atoms with Gasteiger partial charge in [-0.25, -0.2) is 0 Å². The van der Waals surface area contributed by atoms with Crippen LogP contribution in [0, 0.1) is 12.8 Å². The number of nitrogens with zero attached hydrogens (tertiary/aromatic N) is 1. The van der Waals surface area contributed by atoms with Crippen molar-refractivity contribution >= 4 is 0 Å². The van der Waals surface area contributed by atoms with Gasteiger partial charge in [-0.2, -0.15) is 0 Å². The summed E-state index contributed by atoms with van der Waals surface area (Å²) >= 11 is 0. The lowest BCUT2D eigenvalue weighted by Gasteiger charge is -2.21. The number of nitrogens with two attached hydrogens (primary N) is 1. The summed E-state index contributed by atoms with van der Waals surface area (Å²) in [7, 11) is 2.17. The molecule has 0 bridgehead atoms. The lowest BCUT2D eigenvalue weighted by Crippen LogP contribution is -2.24. The molecule has 2 nitrogen and oxygen atoms in total. The Morgan fingerprint density at radius 1 is 1.40 bits per heavy atom. The Morgan fingerprint density at radius 3 is 2.73 bits per heavy atom. The molecule has 0 saturated carbocycles. The van der Waals surface area contributed by atoms with Gasteiger partial charge in [0, 0.05) is 12.6 Å². The highest BCUT2D eigenvalue weighted by Gasteiger charge is 2.26. The molecule has 2 unspecified atom stereocenters. The van der Waals surface area contributed by atoms with Crippen molar-refractivity contribution in [1.82, 2.24) is 4.90 Å². The summed E-state index contributed by atoms with van der Waals surface area (Å²) in [6.45, 7) is 4.47. The summed E-state index contributed by atoms with van der Waals surface area (Å²) in [4.78, 5) is 2.36. The van der Waals surface area contributed by atoms with Crippen LogP contribution in [0.15, 0.2) is 24.3 Å². The van der Waals surface area contributed by atoms with Gasteiger partial charge in [-0.05, 0) is 44.0 Å². The first kappa shape index (κ1) is 10.7. The van der Waals surface area contributed by atoms with Crippen LogP contribution in [-0.2, 0) is 0 Å². The van der Waals surface area contributed by atoms with E-state index < -0.39 is 0 Å². The molecule has 2 rings (SSSR count). The maximum absolute atomic E-state index is 6.34. The van der Waals surface area contributed by atoms with Crippen LogP contribution in [0.5, 0.6) is 0 Å². The van der Waals surface area contributed by atoms with Gasteiger partial charge in [0.05, 0.1) is 0 Å². The molecule has 2 N–H and O–H groups in total. The molecule has 0 amide bonds. The lowest BCUT2D eigenvalue weighted by molar-refractivity contribution is 0.372. The van der Waals surface area contributed by atoms with Gasteiger partial charge >= 0.3 is 0 Å². The predicted molar refractivity (Wildman–Crippen MR) is 63.7 cm³/mol. The van der Waals surface area contributed by atoms with Crippen molar-refractivity contribution in [2.45, 2.75) is 19.4 Å². The molecule has 1 aliphatic heterocycles. The van der Waals surface area contributed by atoms with Crippen LogP contribution in [0.3, 0.4) is 0 Å². The minimum Gasteiger partial charge on any atom is -0.324 e. The van der Waals surface area contributed by atoms with E-state index in [9.17, 15) is 0 Å². The average molecular weight is 204 g/mol. The third kappa shape index (κ3) is 2.21. The summed E-state index contributed by atoms with van der Waals surface area (Å²) in [5, 5.41) is 0. The number of aryl methyl sites for hydroxylation is 1. The van der Waals surface area contributed by atoms with Crippen molar-refractivity contribution in [2.75, 3.05) is 20.1 Å². The lowest BCUT2D eigenvalue weighted by atomic mass is 9.90. The Bertz CT molecular complexity index is 335. The van der Waals surface area contributed by atoms with Crippen molar-refractivity contribution in [2.24, 2.45) is 11.7 Å². The SMILES string of the molecule is Cc1ccccc1C(N)C1CCN(C)C1. The molecule has 1 heterocycles. The van der Waals surface area contributed by atoms with E-state index in [0.29, 0.717) is 5.92 Å². The van der Waals surface area contributed by atoms with Gasteiger partial charge in [0.2, 0.25) is 0 Å². The largest absolute Gasteiger partial charge is 0.324 e. The molecule has 82 valence electrons. The molecule has 1 aliphatic rings. The van der Waals surface area contributed by atoms with Crippen molar-refractivity contribution in [3.8, 4) is 0 Å². The zero-order valence-electron chi connectivity index (χ0n) is 9.61. The van der Waals surface area contributed by atoms with E-state index >= 15 is 0 Å². The Balaban J connectivity index is 2.14. The van der Waals surface area contributed by atoms with E-state index in [4.69, 9.17) is 5.73 Å². The molecule has 2 heteroatoms. The average Bonchev–Trinajstić information content (AvgIpc) is 2.65. The molecule has 0 aliphatic carbocycles. The second-order valence-corrected chi connectivity index (χ2v) is 4.69. The number of rotatable bonds is 2. The summed E-state index contributed by atoms with van der Waals surface area (Å²) in [5.74, 6) is 0.621. The third-order valence-electron chi connectivity index (χ3n) is 3.48. The maximum Gasteiger partial charge on any atom is 0.0338 e. The van der Waals surface area contributed by atoms with Crippen LogP contribution in [0.2, 0.25) is 0 Å². The highest BCUT2D eigenvalue weighted by atomic mass is 15.1. The number of benzene rings is 1. The summed E-state index contributed by atoms with van der Waals surface area (Å²) in [5.41, 5.74) is 8.97. The summed E-state index contributed by atoms with van der Waals surface area (Å²) in [6, 6.07) is 8.68. The minimum absolute atomic E-state index is 0.205. The van der Waals surface area contributed by atoms with Crippen LogP contribution >= 0.6 is 0 Å². The first-order valence-corrected chi connectivity index (χ1v) is 5.68. The van der Waals surface area contributed by atoms with Crippen LogP contribution in [0.4, 0.5) is 0 Å². The Kier molecular flexibility index (Phi) is 3.08. The fourth-order valence-corrected chi connectivity index (χ4v) is 2.48. The minimum atomic E-state index is 0.205. The monoisotopic (exact) mass is 204 g/mol. The molecular formula is C13H20N2. The van der Waals surface area contributed by atoms with Gasteiger partial charge in [0.1, 0.15) is 0 Å². The Morgan fingerprint density at radius 2 is 2.13 bits per heavy atom. The fraction of sp³-hybridized carbons (Fsp3) is 0.538. The van der Waals surface area contributed by atoms with Crippen molar-refractivity contribution in [1.29, 1.82) is 0 Å². The standard InChI is InChI=1S/C13H20N2/c1-10-5-3-4-6-12(10)13(14)11-7-8-15(2)9-11/h3-6,11,13H,7-9,14H2,1-2H3. The second-order valence-electron chi connectivity index (χ2n) is 4.69. The van der Waals surface area contributed by atoms with Crippen molar-refractivity contribution in [3.63, 3.8) is 0 Å². The zero-order valence-corrected chi connectivity index (χ0v) is 9.61. The molecule has 1 aromatic rings.